The standard InChI is InChI=1S/C21H20FN3O3/c1-27-17-7-8-20(28-2)18(12-17)25-21(26)19-11-16(9-10-23-19)24-13-14-3-5-15(22)6-4-14/h3-12H,13H2,1-2H3,(H,23,24)(H,25,26). The first-order valence-corrected chi connectivity index (χ1v) is 8.57. The number of rotatable bonds is 7. The molecule has 2 aromatic carbocycles. The number of nitrogens with one attached hydrogen (secondary N) is 2. The van der Waals surface area contributed by atoms with E-state index in [1.165, 1.54) is 19.2 Å². The highest BCUT2D eigenvalue weighted by atomic mass is 19.1. The maximum Gasteiger partial charge on any atom is 0.274 e. The number of methoxy groups -OCH3 is 2. The summed E-state index contributed by atoms with van der Waals surface area (Å²) in [5.74, 6) is 0.454. The number of carbonyl (C=O) groups excluding carboxylic acids is 1. The van der Waals surface area contributed by atoms with Crippen molar-refractivity contribution in [2.24, 2.45) is 0 Å². The van der Waals surface area contributed by atoms with E-state index in [0.29, 0.717) is 23.7 Å². The molecule has 0 fully saturated rings. The van der Waals surface area contributed by atoms with Gasteiger partial charge in [-0.05, 0) is 42.0 Å². The maximum atomic E-state index is 13.0. The maximum absolute atomic E-state index is 13.0. The molecule has 3 rings (SSSR count). The lowest BCUT2D eigenvalue weighted by Gasteiger charge is -2.12. The third kappa shape index (κ3) is 4.76. The second-order valence-electron chi connectivity index (χ2n) is 5.93. The fraction of sp³-hybridized carbons (Fsp3) is 0.143. The number of nitrogens with zero attached hydrogens (tertiary/aromatic N) is 1. The van der Waals surface area contributed by atoms with Gasteiger partial charge in [-0.2, -0.15) is 0 Å². The molecule has 0 aliphatic carbocycles. The monoisotopic (exact) mass is 381 g/mol. The molecule has 1 heterocycles. The van der Waals surface area contributed by atoms with E-state index in [2.05, 4.69) is 15.6 Å². The minimum absolute atomic E-state index is 0.244. The van der Waals surface area contributed by atoms with Crippen LogP contribution in [0, 0.1) is 5.82 Å². The smallest absolute Gasteiger partial charge is 0.274 e. The molecule has 2 N–H and O–H groups in total. The summed E-state index contributed by atoms with van der Waals surface area (Å²) in [7, 11) is 3.07. The second kappa shape index (κ2) is 8.85. The highest BCUT2D eigenvalue weighted by Crippen LogP contribution is 2.29. The first kappa shape index (κ1) is 19.2. The largest absolute Gasteiger partial charge is 0.497 e. The first-order chi connectivity index (χ1) is 13.6. The van der Waals surface area contributed by atoms with E-state index in [0.717, 1.165) is 11.3 Å². The van der Waals surface area contributed by atoms with Gasteiger partial charge in [-0.1, -0.05) is 12.1 Å². The van der Waals surface area contributed by atoms with Gasteiger partial charge in [0, 0.05) is 24.5 Å². The zero-order valence-electron chi connectivity index (χ0n) is 15.5. The van der Waals surface area contributed by atoms with Crippen molar-refractivity contribution in [3.8, 4) is 11.5 Å². The van der Waals surface area contributed by atoms with Crippen LogP contribution in [0.3, 0.4) is 0 Å². The first-order valence-electron chi connectivity index (χ1n) is 8.57. The Balaban J connectivity index is 1.71. The van der Waals surface area contributed by atoms with E-state index in [4.69, 9.17) is 9.47 Å². The van der Waals surface area contributed by atoms with Gasteiger partial charge in [-0.15, -0.1) is 0 Å². The van der Waals surface area contributed by atoms with E-state index in [-0.39, 0.29) is 17.4 Å². The third-order valence-electron chi connectivity index (χ3n) is 4.06. The molecule has 0 radical (unpaired) electrons. The highest BCUT2D eigenvalue weighted by Gasteiger charge is 2.12. The Morgan fingerprint density at radius 2 is 1.82 bits per heavy atom. The Labute approximate surface area is 162 Å². The number of hydrogen-bond acceptors (Lipinski definition) is 5. The SMILES string of the molecule is COc1ccc(OC)c(NC(=O)c2cc(NCc3ccc(F)cc3)ccn2)c1. The van der Waals surface area contributed by atoms with Gasteiger partial charge in [0.05, 0.1) is 19.9 Å². The Morgan fingerprint density at radius 1 is 1.04 bits per heavy atom. The topological polar surface area (TPSA) is 72.5 Å². The zero-order chi connectivity index (χ0) is 19.9. The molecule has 7 heteroatoms. The number of ether oxygens (including phenoxy) is 2. The average Bonchev–Trinajstić information content (AvgIpc) is 2.73. The van der Waals surface area contributed by atoms with Crippen LogP contribution >= 0.6 is 0 Å². The van der Waals surface area contributed by atoms with Crippen LogP contribution in [0.4, 0.5) is 15.8 Å². The van der Waals surface area contributed by atoms with Crippen LogP contribution in [0.1, 0.15) is 16.1 Å². The quantitative estimate of drug-likeness (QED) is 0.645. The zero-order valence-corrected chi connectivity index (χ0v) is 15.5. The molecule has 0 aliphatic heterocycles. The number of hydrogen-bond donors (Lipinski definition) is 2. The predicted molar refractivity (Wildman–Crippen MR) is 105 cm³/mol. The molecule has 144 valence electrons. The Morgan fingerprint density at radius 3 is 2.54 bits per heavy atom. The minimum Gasteiger partial charge on any atom is -0.497 e. The van der Waals surface area contributed by atoms with Gasteiger partial charge in [0.1, 0.15) is 23.0 Å². The molecule has 0 aliphatic rings. The fourth-order valence-corrected chi connectivity index (χ4v) is 2.57. The Kier molecular flexibility index (Phi) is 6.06. The number of amides is 1. The van der Waals surface area contributed by atoms with Gasteiger partial charge >= 0.3 is 0 Å². The number of aromatic nitrogens is 1. The van der Waals surface area contributed by atoms with Crippen molar-refractivity contribution in [3.63, 3.8) is 0 Å². The second-order valence-corrected chi connectivity index (χ2v) is 5.93. The molecule has 6 nitrogen and oxygen atoms in total. The third-order valence-corrected chi connectivity index (χ3v) is 4.06. The number of carbonyl (C=O) groups is 1. The molecular weight excluding hydrogens is 361 g/mol. The molecule has 0 bridgehead atoms. The van der Waals surface area contributed by atoms with Gasteiger partial charge in [-0.3, -0.25) is 9.78 Å². The van der Waals surface area contributed by atoms with Crippen LogP contribution in [0.25, 0.3) is 0 Å². The Bertz CT molecular complexity index is 961. The van der Waals surface area contributed by atoms with Gasteiger partial charge in [-0.25, -0.2) is 4.39 Å². The number of anilines is 2. The van der Waals surface area contributed by atoms with E-state index in [9.17, 15) is 9.18 Å². The fourth-order valence-electron chi connectivity index (χ4n) is 2.57. The van der Waals surface area contributed by atoms with E-state index < -0.39 is 0 Å². The van der Waals surface area contributed by atoms with E-state index in [1.807, 2.05) is 0 Å². The molecule has 0 saturated carbocycles. The Hall–Kier alpha value is -3.61. The highest BCUT2D eigenvalue weighted by molar-refractivity contribution is 6.04. The van der Waals surface area contributed by atoms with Crippen molar-refractivity contribution < 1.29 is 18.7 Å². The molecule has 0 atom stereocenters. The average molecular weight is 381 g/mol. The summed E-state index contributed by atoms with van der Waals surface area (Å²) in [5.41, 5.74) is 2.37. The number of pyridine rings is 1. The molecule has 0 unspecified atom stereocenters. The molecule has 1 aromatic heterocycles. The summed E-state index contributed by atoms with van der Waals surface area (Å²) in [6, 6.07) is 14.7. The normalized spacial score (nSPS) is 10.2. The lowest BCUT2D eigenvalue weighted by molar-refractivity contribution is 0.102. The van der Waals surface area contributed by atoms with Crippen LogP contribution < -0.4 is 20.1 Å². The van der Waals surface area contributed by atoms with Crippen molar-refractivity contribution in [3.05, 3.63) is 77.9 Å². The minimum atomic E-state index is -0.378. The predicted octanol–water partition coefficient (Wildman–Crippen LogP) is 4.10. The molecule has 1 amide bonds. The lowest BCUT2D eigenvalue weighted by Crippen LogP contribution is -2.15. The molecular formula is C21H20FN3O3. The summed E-state index contributed by atoms with van der Waals surface area (Å²) in [5, 5.41) is 5.98. The van der Waals surface area contributed by atoms with Crippen LogP contribution in [0.5, 0.6) is 11.5 Å². The van der Waals surface area contributed by atoms with Crippen molar-refractivity contribution in [1.29, 1.82) is 0 Å². The summed E-state index contributed by atoms with van der Waals surface area (Å²) < 4.78 is 23.4. The van der Waals surface area contributed by atoms with Crippen molar-refractivity contribution in [2.45, 2.75) is 6.54 Å². The molecule has 0 spiro atoms. The van der Waals surface area contributed by atoms with Crippen molar-refractivity contribution in [2.75, 3.05) is 24.9 Å². The van der Waals surface area contributed by atoms with Crippen LogP contribution in [-0.2, 0) is 6.54 Å². The number of halogens is 1. The summed E-state index contributed by atoms with van der Waals surface area (Å²) in [4.78, 5) is 16.7. The van der Waals surface area contributed by atoms with E-state index in [1.54, 1.807) is 55.8 Å². The summed E-state index contributed by atoms with van der Waals surface area (Å²) in [6.07, 6.45) is 1.55. The van der Waals surface area contributed by atoms with Crippen LogP contribution in [0.2, 0.25) is 0 Å². The van der Waals surface area contributed by atoms with Gasteiger partial charge < -0.3 is 20.1 Å². The van der Waals surface area contributed by atoms with Crippen LogP contribution in [-0.4, -0.2) is 25.1 Å². The summed E-state index contributed by atoms with van der Waals surface area (Å²) in [6.45, 7) is 0.495. The van der Waals surface area contributed by atoms with Gasteiger partial charge in [0.25, 0.3) is 5.91 Å². The molecule has 3 aromatic rings. The van der Waals surface area contributed by atoms with E-state index >= 15 is 0 Å². The molecule has 28 heavy (non-hydrogen) atoms. The molecule has 0 saturated heterocycles. The van der Waals surface area contributed by atoms with Gasteiger partial charge in [0.2, 0.25) is 0 Å². The lowest BCUT2D eigenvalue weighted by atomic mass is 10.2. The van der Waals surface area contributed by atoms with Gasteiger partial charge in [0.15, 0.2) is 0 Å². The summed E-state index contributed by atoms with van der Waals surface area (Å²) >= 11 is 0. The number of benzene rings is 2. The van der Waals surface area contributed by atoms with Crippen molar-refractivity contribution in [1.82, 2.24) is 4.98 Å². The van der Waals surface area contributed by atoms with Crippen molar-refractivity contribution >= 4 is 17.3 Å². The van der Waals surface area contributed by atoms with Crippen LogP contribution in [0.15, 0.2) is 60.8 Å².